The minimum atomic E-state index is 0.163. The topological polar surface area (TPSA) is 51.6 Å². The molecule has 0 saturated carbocycles. The molecule has 5 heteroatoms. The zero-order valence-electron chi connectivity index (χ0n) is 12.0. The first kappa shape index (κ1) is 13.8. The fraction of sp³-hybridized carbons (Fsp3) is 0. The van der Waals surface area contributed by atoms with Crippen LogP contribution >= 0.6 is 11.6 Å². The number of benzene rings is 2. The second-order valence-corrected chi connectivity index (χ2v) is 5.34. The zero-order valence-corrected chi connectivity index (χ0v) is 12.8. The van der Waals surface area contributed by atoms with Crippen molar-refractivity contribution in [1.82, 2.24) is 19.9 Å². The second-order valence-electron chi connectivity index (χ2n) is 5.00. The van der Waals surface area contributed by atoms with Crippen molar-refractivity contribution in [2.45, 2.75) is 0 Å². The molecule has 0 fully saturated rings. The summed E-state index contributed by atoms with van der Waals surface area (Å²) in [5.41, 5.74) is 4.49. The summed E-state index contributed by atoms with van der Waals surface area (Å²) in [5, 5.41) is 0.163. The van der Waals surface area contributed by atoms with Gasteiger partial charge in [-0.2, -0.15) is 4.98 Å². The minimum absolute atomic E-state index is 0.163. The molecule has 0 unspecified atom stereocenters. The van der Waals surface area contributed by atoms with Gasteiger partial charge in [-0.05, 0) is 11.6 Å². The van der Waals surface area contributed by atoms with E-state index in [1.165, 1.54) is 0 Å². The highest BCUT2D eigenvalue weighted by molar-refractivity contribution is 6.28. The van der Waals surface area contributed by atoms with Gasteiger partial charge in [0.2, 0.25) is 5.28 Å². The summed E-state index contributed by atoms with van der Waals surface area (Å²) in [6.07, 6.45) is 1.74. The van der Waals surface area contributed by atoms with Gasteiger partial charge in [0.25, 0.3) is 0 Å². The van der Waals surface area contributed by atoms with Crippen molar-refractivity contribution in [2.75, 3.05) is 0 Å². The molecule has 0 spiro atoms. The largest absolute Gasteiger partial charge is 0.248 e. The average Bonchev–Trinajstić information content (AvgIpc) is 2.62. The highest BCUT2D eigenvalue weighted by atomic mass is 35.5. The molecule has 0 aliphatic rings. The van der Waals surface area contributed by atoms with Crippen LogP contribution in [-0.4, -0.2) is 19.9 Å². The molecular formula is C18H11ClN4. The summed E-state index contributed by atoms with van der Waals surface area (Å²) in [6, 6.07) is 19.6. The Morgan fingerprint density at radius 3 is 2.04 bits per heavy atom. The molecule has 0 radical (unpaired) electrons. The van der Waals surface area contributed by atoms with E-state index in [-0.39, 0.29) is 5.28 Å². The van der Waals surface area contributed by atoms with Gasteiger partial charge in [-0.15, -0.1) is 0 Å². The number of hydrogen-bond donors (Lipinski definition) is 0. The number of nitrogens with zero attached hydrogens (tertiary/aromatic N) is 4. The number of fused-ring (bicyclic) bond motifs is 1. The molecule has 2 heterocycles. The maximum absolute atomic E-state index is 6.08. The summed E-state index contributed by atoms with van der Waals surface area (Å²) in [4.78, 5) is 17.7. The molecule has 0 aliphatic heterocycles. The Balaban J connectivity index is 1.94. The van der Waals surface area contributed by atoms with E-state index in [0.717, 1.165) is 16.8 Å². The highest BCUT2D eigenvalue weighted by Gasteiger charge is 2.12. The highest BCUT2D eigenvalue weighted by Crippen LogP contribution is 2.26. The SMILES string of the molecule is Clc1nc(-c2ccccc2)c2ncc(-c3ccccc3)nc2n1. The maximum Gasteiger partial charge on any atom is 0.225 e. The molecule has 0 atom stereocenters. The maximum atomic E-state index is 6.08. The number of rotatable bonds is 2. The molecule has 4 aromatic rings. The lowest BCUT2D eigenvalue weighted by molar-refractivity contribution is 1.15. The first-order valence-electron chi connectivity index (χ1n) is 7.12. The van der Waals surface area contributed by atoms with E-state index in [1.807, 2.05) is 60.7 Å². The van der Waals surface area contributed by atoms with Gasteiger partial charge in [-0.25, -0.2) is 15.0 Å². The second kappa shape index (κ2) is 5.74. The Morgan fingerprint density at radius 1 is 0.696 bits per heavy atom. The summed E-state index contributed by atoms with van der Waals surface area (Å²) in [7, 11) is 0. The van der Waals surface area contributed by atoms with E-state index < -0.39 is 0 Å². The van der Waals surface area contributed by atoms with Crippen LogP contribution in [0, 0.1) is 0 Å². The van der Waals surface area contributed by atoms with E-state index in [1.54, 1.807) is 6.20 Å². The molecule has 0 saturated heterocycles. The van der Waals surface area contributed by atoms with Gasteiger partial charge >= 0.3 is 0 Å². The molecule has 4 rings (SSSR count). The van der Waals surface area contributed by atoms with Gasteiger partial charge < -0.3 is 0 Å². The van der Waals surface area contributed by atoms with Gasteiger partial charge in [0.15, 0.2) is 5.65 Å². The molecule has 0 N–H and O–H groups in total. The molecule has 4 nitrogen and oxygen atoms in total. The number of aromatic nitrogens is 4. The van der Waals surface area contributed by atoms with Gasteiger partial charge in [0.1, 0.15) is 11.2 Å². The van der Waals surface area contributed by atoms with Crippen LogP contribution in [0.5, 0.6) is 0 Å². The van der Waals surface area contributed by atoms with E-state index in [9.17, 15) is 0 Å². The molecule has 0 amide bonds. The van der Waals surface area contributed by atoms with Crippen LogP contribution in [0.2, 0.25) is 5.28 Å². The summed E-state index contributed by atoms with van der Waals surface area (Å²) in [6.45, 7) is 0. The van der Waals surface area contributed by atoms with Crippen molar-refractivity contribution >= 4 is 22.8 Å². The van der Waals surface area contributed by atoms with E-state index in [4.69, 9.17) is 11.6 Å². The Labute approximate surface area is 137 Å². The molecule has 110 valence electrons. The van der Waals surface area contributed by atoms with Crippen LogP contribution in [0.3, 0.4) is 0 Å². The monoisotopic (exact) mass is 318 g/mol. The predicted octanol–water partition coefficient (Wildman–Crippen LogP) is 4.41. The van der Waals surface area contributed by atoms with Crippen molar-refractivity contribution in [2.24, 2.45) is 0 Å². The fourth-order valence-corrected chi connectivity index (χ4v) is 2.59. The quantitative estimate of drug-likeness (QED) is 0.514. The van der Waals surface area contributed by atoms with Crippen molar-refractivity contribution in [1.29, 1.82) is 0 Å². The van der Waals surface area contributed by atoms with Gasteiger partial charge in [0.05, 0.1) is 11.9 Å². The van der Waals surface area contributed by atoms with Crippen LogP contribution < -0.4 is 0 Å². The third-order valence-electron chi connectivity index (χ3n) is 3.50. The Morgan fingerprint density at radius 2 is 1.35 bits per heavy atom. The number of halogens is 1. The summed E-state index contributed by atoms with van der Waals surface area (Å²) < 4.78 is 0. The molecule has 2 aromatic carbocycles. The standard InChI is InChI=1S/C18H11ClN4/c19-18-22-15(13-9-5-2-6-10-13)16-17(23-18)21-14(11-20-16)12-7-3-1-4-8-12/h1-11H. The minimum Gasteiger partial charge on any atom is -0.248 e. The smallest absolute Gasteiger partial charge is 0.225 e. The van der Waals surface area contributed by atoms with Crippen molar-refractivity contribution in [3.05, 3.63) is 72.1 Å². The average molecular weight is 319 g/mol. The zero-order chi connectivity index (χ0) is 15.6. The van der Waals surface area contributed by atoms with Crippen LogP contribution in [-0.2, 0) is 0 Å². The Hall–Kier alpha value is -2.85. The van der Waals surface area contributed by atoms with Crippen molar-refractivity contribution in [3.8, 4) is 22.5 Å². The number of hydrogen-bond acceptors (Lipinski definition) is 4. The third kappa shape index (κ3) is 2.64. The first-order valence-corrected chi connectivity index (χ1v) is 7.50. The van der Waals surface area contributed by atoms with Crippen LogP contribution in [0.15, 0.2) is 66.9 Å². The van der Waals surface area contributed by atoms with E-state index in [2.05, 4.69) is 19.9 Å². The lowest BCUT2D eigenvalue weighted by Crippen LogP contribution is -1.97. The van der Waals surface area contributed by atoms with E-state index in [0.29, 0.717) is 16.9 Å². The van der Waals surface area contributed by atoms with Gasteiger partial charge in [-0.1, -0.05) is 60.7 Å². The fourth-order valence-electron chi connectivity index (χ4n) is 2.43. The molecule has 0 bridgehead atoms. The summed E-state index contributed by atoms with van der Waals surface area (Å²) >= 11 is 6.08. The first-order chi connectivity index (χ1) is 11.3. The third-order valence-corrected chi connectivity index (χ3v) is 3.67. The molecule has 0 aliphatic carbocycles. The molecule has 2 aromatic heterocycles. The Bertz CT molecular complexity index is 972. The van der Waals surface area contributed by atoms with Gasteiger partial charge in [-0.3, -0.25) is 0 Å². The Kier molecular flexibility index (Phi) is 3.44. The van der Waals surface area contributed by atoms with Crippen molar-refractivity contribution in [3.63, 3.8) is 0 Å². The lowest BCUT2D eigenvalue weighted by Gasteiger charge is -2.07. The molecular weight excluding hydrogens is 308 g/mol. The van der Waals surface area contributed by atoms with Gasteiger partial charge in [0, 0.05) is 11.1 Å². The van der Waals surface area contributed by atoms with Crippen LogP contribution in [0.4, 0.5) is 0 Å². The van der Waals surface area contributed by atoms with Crippen LogP contribution in [0.1, 0.15) is 0 Å². The summed E-state index contributed by atoms with van der Waals surface area (Å²) in [5.74, 6) is 0. The van der Waals surface area contributed by atoms with Crippen LogP contribution in [0.25, 0.3) is 33.7 Å². The lowest BCUT2D eigenvalue weighted by atomic mass is 10.1. The van der Waals surface area contributed by atoms with E-state index >= 15 is 0 Å². The van der Waals surface area contributed by atoms with Crippen molar-refractivity contribution < 1.29 is 0 Å². The molecule has 23 heavy (non-hydrogen) atoms. The normalized spacial score (nSPS) is 10.8. The predicted molar refractivity (Wildman–Crippen MR) is 91.0 cm³/mol.